The predicted molar refractivity (Wildman–Crippen MR) is 48.3 cm³/mol. The van der Waals surface area contributed by atoms with E-state index in [4.69, 9.17) is 0 Å². The molecule has 0 amide bonds. The summed E-state index contributed by atoms with van der Waals surface area (Å²) in [5, 5.41) is 31.0. The van der Waals surface area contributed by atoms with E-state index in [1.54, 1.807) is 0 Å². The Morgan fingerprint density at radius 3 is 1.87 bits per heavy atom. The second kappa shape index (κ2) is 5.50. The molecule has 0 N–H and O–H groups in total. The van der Waals surface area contributed by atoms with Crippen molar-refractivity contribution in [2.24, 2.45) is 0 Å². The van der Waals surface area contributed by atoms with Crippen molar-refractivity contribution in [3.63, 3.8) is 0 Å². The van der Waals surface area contributed by atoms with Gasteiger partial charge in [-0.1, -0.05) is 15.9 Å². The van der Waals surface area contributed by atoms with Crippen LogP contribution in [0, 0.1) is 30.3 Å². The van der Waals surface area contributed by atoms with Crippen molar-refractivity contribution in [3.8, 4) is 0 Å². The van der Waals surface area contributed by atoms with Crippen LogP contribution in [-0.2, 0) is 4.74 Å². The quantitative estimate of drug-likeness (QED) is 0.275. The lowest BCUT2D eigenvalue weighted by molar-refractivity contribution is -0.870. The highest BCUT2D eigenvalue weighted by Crippen LogP contribution is 2.14. The summed E-state index contributed by atoms with van der Waals surface area (Å²) < 4.78 is 4.33. The lowest BCUT2D eigenvalue weighted by Crippen LogP contribution is -2.54. The van der Waals surface area contributed by atoms with Gasteiger partial charge in [0.2, 0.25) is 0 Å². The first kappa shape index (κ1) is 13.6. The number of hydrogen-bond acceptors (Lipinski definition) is 7. The van der Waals surface area contributed by atoms with Gasteiger partial charge >= 0.3 is 12.4 Å². The van der Waals surface area contributed by atoms with Crippen LogP contribution in [0.5, 0.6) is 0 Å². The van der Waals surface area contributed by atoms with E-state index in [2.05, 4.69) is 20.7 Å². The maximum atomic E-state index is 10.4. The van der Waals surface area contributed by atoms with Crippen molar-refractivity contribution in [1.29, 1.82) is 0 Å². The van der Waals surface area contributed by atoms with Crippen LogP contribution >= 0.6 is 15.9 Å². The van der Waals surface area contributed by atoms with Crippen molar-refractivity contribution in [3.05, 3.63) is 30.3 Å². The largest absolute Gasteiger partial charge is 0.643 e. The van der Waals surface area contributed by atoms with Crippen LogP contribution in [-0.4, -0.2) is 39.1 Å². The molecule has 0 radical (unpaired) electrons. The summed E-state index contributed by atoms with van der Waals surface area (Å²) in [6, 6.07) is 0. The fourth-order valence-electron chi connectivity index (χ4n) is 0.703. The molecule has 0 aromatic carbocycles. The lowest BCUT2D eigenvalue weighted by atomic mass is 10.4. The highest BCUT2D eigenvalue weighted by Gasteiger charge is 2.64. The van der Waals surface area contributed by atoms with Crippen molar-refractivity contribution in [2.45, 2.75) is 5.85 Å². The number of nitro groups is 3. The first-order valence-electron chi connectivity index (χ1n) is 3.47. The van der Waals surface area contributed by atoms with E-state index < -0.39 is 27.2 Å². The molecule has 0 aliphatic heterocycles. The maximum absolute atomic E-state index is 10.4. The standard InChI is InChI=1S/C4H6BrN3O7/c5-1-2-15-4(7(11)12,8(13)14)3-6(9)10/h1-3H2. The minimum atomic E-state index is -3.21. The molecular weight excluding hydrogens is 282 g/mol. The molecule has 0 rings (SSSR count). The lowest BCUT2D eigenvalue weighted by Gasteiger charge is -2.12. The maximum Gasteiger partial charge on any atom is 0.643 e. The number of hydrogen-bond donors (Lipinski definition) is 0. The fraction of sp³-hybridized carbons (Fsp3) is 1.00. The Hall–Kier alpha value is -1.36. The van der Waals surface area contributed by atoms with Crippen molar-refractivity contribution in [1.82, 2.24) is 0 Å². The topological polar surface area (TPSA) is 139 Å². The highest BCUT2D eigenvalue weighted by molar-refractivity contribution is 9.09. The molecule has 0 bridgehead atoms. The van der Waals surface area contributed by atoms with Gasteiger partial charge in [-0.25, -0.2) is 4.74 Å². The van der Waals surface area contributed by atoms with Gasteiger partial charge in [0.05, 0.1) is 6.61 Å². The second-order valence-electron chi connectivity index (χ2n) is 2.29. The van der Waals surface area contributed by atoms with Crippen molar-refractivity contribution >= 4 is 15.9 Å². The predicted octanol–water partition coefficient (Wildman–Crippen LogP) is -0.118. The molecule has 0 atom stereocenters. The summed E-state index contributed by atoms with van der Waals surface area (Å²) in [6.45, 7) is -1.91. The van der Waals surface area contributed by atoms with Crippen molar-refractivity contribution in [2.75, 3.05) is 18.5 Å². The molecule has 10 nitrogen and oxygen atoms in total. The summed E-state index contributed by atoms with van der Waals surface area (Å²) in [5.41, 5.74) is 0. The van der Waals surface area contributed by atoms with Gasteiger partial charge in [0.1, 0.15) is 9.85 Å². The van der Waals surface area contributed by atoms with Crippen LogP contribution in [0.3, 0.4) is 0 Å². The third-order valence-electron chi connectivity index (χ3n) is 1.32. The normalized spacial score (nSPS) is 11.0. The van der Waals surface area contributed by atoms with E-state index in [0.717, 1.165) is 0 Å². The molecule has 11 heteroatoms. The van der Waals surface area contributed by atoms with Crippen LogP contribution in [0.2, 0.25) is 0 Å². The zero-order chi connectivity index (χ0) is 12.1. The smallest absolute Gasteiger partial charge is 0.264 e. The van der Waals surface area contributed by atoms with Crippen LogP contribution in [0.4, 0.5) is 0 Å². The van der Waals surface area contributed by atoms with Crippen LogP contribution in [0.25, 0.3) is 0 Å². The molecule has 0 saturated heterocycles. The first-order chi connectivity index (χ1) is 6.86. The Labute approximate surface area is 90.8 Å². The van der Waals surface area contributed by atoms with Crippen LogP contribution < -0.4 is 0 Å². The monoisotopic (exact) mass is 287 g/mol. The summed E-state index contributed by atoms with van der Waals surface area (Å²) in [4.78, 5) is 26.9. The van der Waals surface area contributed by atoms with Gasteiger partial charge in [0.25, 0.3) is 0 Å². The molecular formula is C4H6BrN3O7. The molecule has 0 aliphatic carbocycles. The van der Waals surface area contributed by atoms with E-state index in [-0.39, 0.29) is 11.9 Å². The third-order valence-corrected chi connectivity index (χ3v) is 1.64. The van der Waals surface area contributed by atoms with Gasteiger partial charge in [0, 0.05) is 10.3 Å². The highest BCUT2D eigenvalue weighted by atomic mass is 79.9. The van der Waals surface area contributed by atoms with E-state index >= 15 is 0 Å². The van der Waals surface area contributed by atoms with Crippen molar-refractivity contribution < 1.29 is 19.5 Å². The number of halogens is 1. The number of alkyl halides is 1. The van der Waals surface area contributed by atoms with Gasteiger partial charge in [-0.2, -0.15) is 0 Å². The average molecular weight is 288 g/mol. The minimum Gasteiger partial charge on any atom is -0.264 e. The Morgan fingerprint density at radius 1 is 1.13 bits per heavy atom. The summed E-state index contributed by atoms with van der Waals surface area (Å²) in [7, 11) is 0. The molecule has 0 saturated carbocycles. The molecule has 0 aromatic rings. The van der Waals surface area contributed by atoms with E-state index in [1.165, 1.54) is 0 Å². The Kier molecular flexibility index (Phi) is 5.00. The summed E-state index contributed by atoms with van der Waals surface area (Å²) >= 11 is 2.83. The molecule has 0 spiro atoms. The van der Waals surface area contributed by atoms with E-state index in [1.807, 2.05) is 0 Å². The number of rotatable bonds is 7. The number of ether oxygens (including phenoxy) is 1. The van der Waals surface area contributed by atoms with Gasteiger partial charge in [-0.15, -0.1) is 0 Å². The zero-order valence-electron chi connectivity index (χ0n) is 7.20. The third kappa shape index (κ3) is 3.36. The van der Waals surface area contributed by atoms with E-state index in [9.17, 15) is 30.3 Å². The van der Waals surface area contributed by atoms with E-state index in [0.29, 0.717) is 0 Å². The van der Waals surface area contributed by atoms with Gasteiger partial charge in [-0.3, -0.25) is 30.3 Å². The summed E-state index contributed by atoms with van der Waals surface area (Å²) in [6.07, 6.45) is 0. The molecule has 0 unspecified atom stereocenters. The molecule has 0 aliphatic rings. The second-order valence-corrected chi connectivity index (χ2v) is 3.08. The Balaban J connectivity index is 4.98. The molecule has 0 fully saturated rings. The molecule has 0 heterocycles. The zero-order valence-corrected chi connectivity index (χ0v) is 8.78. The van der Waals surface area contributed by atoms with Crippen LogP contribution in [0.1, 0.15) is 0 Å². The first-order valence-corrected chi connectivity index (χ1v) is 4.59. The molecule has 15 heavy (non-hydrogen) atoms. The molecule has 86 valence electrons. The minimum absolute atomic E-state index is 0.0914. The fourth-order valence-corrected chi connectivity index (χ4v) is 0.865. The number of nitrogens with zero attached hydrogens (tertiary/aromatic N) is 3. The van der Waals surface area contributed by atoms with Gasteiger partial charge in [0.15, 0.2) is 0 Å². The average Bonchev–Trinajstić information content (AvgIpc) is 2.10. The van der Waals surface area contributed by atoms with Crippen LogP contribution in [0.15, 0.2) is 0 Å². The Morgan fingerprint density at radius 2 is 1.60 bits per heavy atom. The Bertz CT molecular complexity index is 267. The SMILES string of the molecule is O=[N+]([O-])CC(OCCBr)([N+](=O)[O-])[N+](=O)[O-]. The molecule has 0 aromatic heterocycles. The van der Waals surface area contributed by atoms with Gasteiger partial charge < -0.3 is 0 Å². The van der Waals surface area contributed by atoms with Gasteiger partial charge in [-0.05, 0) is 0 Å². The summed E-state index contributed by atoms with van der Waals surface area (Å²) in [5.74, 6) is -3.21.